The number of halogens is 1. The Labute approximate surface area is 243 Å². The zero-order valence-corrected chi connectivity index (χ0v) is 25.3. The van der Waals surface area contributed by atoms with Crippen molar-refractivity contribution in [1.29, 1.82) is 0 Å². The predicted octanol–water partition coefficient (Wildman–Crippen LogP) is 5.79. The summed E-state index contributed by atoms with van der Waals surface area (Å²) < 4.78 is 29.2. The summed E-state index contributed by atoms with van der Waals surface area (Å²) in [5.74, 6) is -0.792. The van der Waals surface area contributed by atoms with Gasteiger partial charge in [0.25, 0.3) is 10.0 Å². The van der Waals surface area contributed by atoms with Crippen LogP contribution in [-0.4, -0.2) is 44.3 Å². The molecule has 0 saturated heterocycles. The summed E-state index contributed by atoms with van der Waals surface area (Å²) in [6.45, 7) is 9.43. The molecule has 7 nitrogen and oxygen atoms in total. The third kappa shape index (κ3) is 7.23. The third-order valence-electron chi connectivity index (χ3n) is 6.97. The van der Waals surface area contributed by atoms with Gasteiger partial charge in [-0.25, -0.2) is 8.42 Å². The Morgan fingerprint density at radius 3 is 2.23 bits per heavy atom. The van der Waals surface area contributed by atoms with E-state index in [2.05, 4.69) is 5.32 Å². The Kier molecular flexibility index (Phi) is 10.8. The van der Waals surface area contributed by atoms with E-state index in [4.69, 9.17) is 11.6 Å². The Balaban J connectivity index is 2.11. The SMILES string of the molecule is CCCNC(=O)[C@H](CC)N(Cc1ccccc1Cl)C(=O)CN(c1cccc(C)c1C)S(=O)(=O)c1ccc(C)cc1. The number of rotatable bonds is 12. The average molecular weight is 584 g/mol. The highest BCUT2D eigenvalue weighted by atomic mass is 35.5. The number of sulfonamides is 1. The van der Waals surface area contributed by atoms with Gasteiger partial charge in [-0.1, -0.05) is 73.5 Å². The molecule has 0 aliphatic heterocycles. The first-order chi connectivity index (χ1) is 19.0. The summed E-state index contributed by atoms with van der Waals surface area (Å²) >= 11 is 6.44. The summed E-state index contributed by atoms with van der Waals surface area (Å²) in [6.07, 6.45) is 1.09. The van der Waals surface area contributed by atoms with Gasteiger partial charge in [0, 0.05) is 18.1 Å². The van der Waals surface area contributed by atoms with Gasteiger partial charge in [-0.05, 0) is 74.6 Å². The molecule has 1 atom stereocenters. The second kappa shape index (κ2) is 13.8. The molecule has 0 radical (unpaired) electrons. The molecular formula is C31H38ClN3O4S. The van der Waals surface area contributed by atoms with Crippen molar-refractivity contribution in [2.45, 2.75) is 64.9 Å². The van der Waals surface area contributed by atoms with Gasteiger partial charge in [-0.15, -0.1) is 0 Å². The first-order valence-corrected chi connectivity index (χ1v) is 15.3. The van der Waals surface area contributed by atoms with Crippen LogP contribution in [0.5, 0.6) is 0 Å². The first-order valence-electron chi connectivity index (χ1n) is 13.5. The van der Waals surface area contributed by atoms with Crippen LogP contribution >= 0.6 is 11.6 Å². The lowest BCUT2D eigenvalue weighted by molar-refractivity contribution is -0.140. The third-order valence-corrected chi connectivity index (χ3v) is 9.11. The van der Waals surface area contributed by atoms with Crippen molar-refractivity contribution in [3.05, 3.63) is 94.0 Å². The van der Waals surface area contributed by atoms with Crippen LogP contribution in [0.2, 0.25) is 5.02 Å². The molecule has 0 aliphatic rings. The number of aryl methyl sites for hydroxylation is 2. The number of carbonyl (C=O) groups is 2. The monoisotopic (exact) mass is 583 g/mol. The standard InChI is InChI=1S/C31H38ClN3O4S/c1-6-19-33-31(37)28(7-2)34(20-25-12-8-9-13-27(25)32)30(36)21-35(29-14-10-11-23(4)24(29)5)40(38,39)26-17-15-22(3)16-18-26/h8-18,28H,6-7,19-21H2,1-5H3,(H,33,37)/t28-/m0/s1. The van der Waals surface area contributed by atoms with Gasteiger partial charge in [-0.3, -0.25) is 13.9 Å². The number of anilines is 1. The van der Waals surface area contributed by atoms with Gasteiger partial charge in [0.15, 0.2) is 0 Å². The molecular weight excluding hydrogens is 546 g/mol. The minimum atomic E-state index is -4.13. The molecule has 0 aromatic heterocycles. The van der Waals surface area contributed by atoms with E-state index in [0.29, 0.717) is 29.2 Å². The highest BCUT2D eigenvalue weighted by Crippen LogP contribution is 2.29. The minimum absolute atomic E-state index is 0.0573. The van der Waals surface area contributed by atoms with E-state index in [1.54, 1.807) is 54.6 Å². The lowest BCUT2D eigenvalue weighted by Crippen LogP contribution is -2.52. The van der Waals surface area contributed by atoms with Crippen LogP contribution in [0.3, 0.4) is 0 Å². The Bertz CT molecular complexity index is 1440. The largest absolute Gasteiger partial charge is 0.354 e. The fourth-order valence-electron chi connectivity index (χ4n) is 4.45. The van der Waals surface area contributed by atoms with Crippen LogP contribution in [0.15, 0.2) is 71.6 Å². The molecule has 3 rings (SSSR count). The second-order valence-electron chi connectivity index (χ2n) is 9.87. The van der Waals surface area contributed by atoms with Crippen molar-refractivity contribution >= 4 is 39.1 Å². The van der Waals surface area contributed by atoms with Crippen molar-refractivity contribution in [3.63, 3.8) is 0 Å². The fourth-order valence-corrected chi connectivity index (χ4v) is 6.12. The fraction of sp³-hybridized carbons (Fsp3) is 0.355. The molecule has 40 heavy (non-hydrogen) atoms. The topological polar surface area (TPSA) is 86.8 Å². The zero-order valence-electron chi connectivity index (χ0n) is 23.8. The maximum absolute atomic E-state index is 14.1. The van der Waals surface area contributed by atoms with Crippen molar-refractivity contribution in [2.75, 3.05) is 17.4 Å². The summed E-state index contributed by atoms with van der Waals surface area (Å²) in [5.41, 5.74) is 3.64. The minimum Gasteiger partial charge on any atom is -0.354 e. The predicted molar refractivity (Wildman–Crippen MR) is 161 cm³/mol. The number of carbonyl (C=O) groups excluding carboxylic acids is 2. The smallest absolute Gasteiger partial charge is 0.264 e. The Morgan fingerprint density at radius 1 is 0.925 bits per heavy atom. The molecule has 0 aliphatic carbocycles. The van der Waals surface area contributed by atoms with Crippen LogP contribution in [0.4, 0.5) is 5.69 Å². The van der Waals surface area contributed by atoms with Crippen molar-refractivity contribution in [1.82, 2.24) is 10.2 Å². The van der Waals surface area contributed by atoms with Gasteiger partial charge >= 0.3 is 0 Å². The second-order valence-corrected chi connectivity index (χ2v) is 12.1. The summed E-state index contributed by atoms with van der Waals surface area (Å²) in [5, 5.41) is 3.35. The molecule has 0 unspecified atom stereocenters. The molecule has 1 N–H and O–H groups in total. The molecule has 3 aromatic carbocycles. The number of benzene rings is 3. The van der Waals surface area contributed by atoms with E-state index < -0.39 is 28.5 Å². The molecule has 214 valence electrons. The zero-order chi connectivity index (χ0) is 29.4. The van der Waals surface area contributed by atoms with E-state index in [1.807, 2.05) is 46.8 Å². The van der Waals surface area contributed by atoms with Gasteiger partial charge in [0.1, 0.15) is 12.6 Å². The van der Waals surface area contributed by atoms with E-state index in [-0.39, 0.29) is 17.3 Å². The van der Waals surface area contributed by atoms with Gasteiger partial charge in [0.05, 0.1) is 10.6 Å². The normalized spacial score (nSPS) is 12.1. The van der Waals surface area contributed by atoms with Crippen LogP contribution < -0.4 is 9.62 Å². The first kappa shape index (κ1) is 31.2. The van der Waals surface area contributed by atoms with Gasteiger partial charge in [0.2, 0.25) is 11.8 Å². The molecule has 9 heteroatoms. The summed E-state index contributed by atoms with van der Waals surface area (Å²) in [6, 6.07) is 18.2. The quantitative estimate of drug-likeness (QED) is 0.292. The Hall–Kier alpha value is -3.36. The molecule has 0 saturated carbocycles. The molecule has 0 spiro atoms. The summed E-state index contributed by atoms with van der Waals surface area (Å²) in [4.78, 5) is 28.9. The average Bonchev–Trinajstić information content (AvgIpc) is 2.93. The number of hydrogen-bond donors (Lipinski definition) is 1. The molecule has 0 bridgehead atoms. The van der Waals surface area contributed by atoms with Gasteiger partial charge < -0.3 is 10.2 Å². The molecule has 0 heterocycles. The number of nitrogens with zero attached hydrogens (tertiary/aromatic N) is 2. The lowest BCUT2D eigenvalue weighted by Gasteiger charge is -2.34. The van der Waals surface area contributed by atoms with E-state index in [9.17, 15) is 18.0 Å². The molecule has 2 amide bonds. The van der Waals surface area contributed by atoms with E-state index in [0.717, 1.165) is 27.4 Å². The van der Waals surface area contributed by atoms with Crippen molar-refractivity contribution in [3.8, 4) is 0 Å². The maximum atomic E-state index is 14.1. The Morgan fingerprint density at radius 2 is 1.60 bits per heavy atom. The highest BCUT2D eigenvalue weighted by molar-refractivity contribution is 7.92. The molecule has 0 fully saturated rings. The van der Waals surface area contributed by atoms with Crippen LogP contribution in [0.1, 0.15) is 48.9 Å². The van der Waals surface area contributed by atoms with Crippen LogP contribution in [-0.2, 0) is 26.2 Å². The molecule has 3 aromatic rings. The lowest BCUT2D eigenvalue weighted by atomic mass is 10.1. The van der Waals surface area contributed by atoms with Gasteiger partial charge in [-0.2, -0.15) is 0 Å². The number of nitrogens with one attached hydrogen (secondary N) is 1. The number of amides is 2. The van der Waals surface area contributed by atoms with Crippen LogP contribution in [0.25, 0.3) is 0 Å². The van der Waals surface area contributed by atoms with Crippen molar-refractivity contribution in [2.24, 2.45) is 0 Å². The van der Waals surface area contributed by atoms with E-state index in [1.165, 1.54) is 4.90 Å². The highest BCUT2D eigenvalue weighted by Gasteiger charge is 2.34. The van der Waals surface area contributed by atoms with Crippen molar-refractivity contribution < 1.29 is 18.0 Å². The van der Waals surface area contributed by atoms with E-state index >= 15 is 0 Å². The number of hydrogen-bond acceptors (Lipinski definition) is 4. The maximum Gasteiger partial charge on any atom is 0.264 e. The van der Waals surface area contributed by atoms with Crippen LogP contribution in [0, 0.1) is 20.8 Å². The summed E-state index contributed by atoms with van der Waals surface area (Å²) in [7, 11) is -4.13.